The second-order valence-corrected chi connectivity index (χ2v) is 10.2. The largest absolute Gasteiger partial charge is 0.341 e. The molecule has 0 saturated heterocycles. The monoisotopic (exact) mass is 541 g/mol. The van der Waals surface area contributed by atoms with Gasteiger partial charge in [0.15, 0.2) is 11.6 Å². The zero-order valence-electron chi connectivity index (χ0n) is 23.9. The lowest BCUT2D eigenvalue weighted by atomic mass is 10.0. The molecule has 0 saturated carbocycles. The van der Waals surface area contributed by atoms with E-state index in [1.165, 1.54) is 32.1 Å². The Kier molecular flexibility index (Phi) is 11.5. The normalized spacial score (nSPS) is 11.2. The fourth-order valence-electron chi connectivity index (χ4n) is 4.82. The summed E-state index contributed by atoms with van der Waals surface area (Å²) >= 11 is 0. The third-order valence-corrected chi connectivity index (χ3v) is 7.13. The lowest BCUT2D eigenvalue weighted by Gasteiger charge is -2.26. The Labute approximate surface area is 244 Å². The number of hydrogen-bond donors (Lipinski definition) is 0. The van der Waals surface area contributed by atoms with Gasteiger partial charge >= 0.3 is 0 Å². The predicted molar refractivity (Wildman–Crippen MR) is 173 cm³/mol. The van der Waals surface area contributed by atoms with Gasteiger partial charge in [-0.1, -0.05) is 136 Å². The van der Waals surface area contributed by atoms with Crippen LogP contribution in [0.15, 0.2) is 121 Å². The van der Waals surface area contributed by atoms with Crippen molar-refractivity contribution in [3.05, 3.63) is 144 Å². The summed E-state index contributed by atoms with van der Waals surface area (Å²) in [5.74, 6) is -0.114. The number of hydrogen-bond acceptors (Lipinski definition) is 3. The van der Waals surface area contributed by atoms with Crippen LogP contribution in [0.5, 0.6) is 0 Å². The van der Waals surface area contributed by atoms with Crippen LogP contribution in [0.2, 0.25) is 0 Å². The van der Waals surface area contributed by atoms with Crippen molar-refractivity contribution >= 4 is 35.1 Å². The number of rotatable bonds is 15. The summed E-state index contributed by atoms with van der Waals surface area (Å²) in [6.45, 7) is 3.15. The second kappa shape index (κ2) is 15.9. The van der Waals surface area contributed by atoms with Gasteiger partial charge < -0.3 is 4.90 Å². The SMILES string of the molecule is CCCCCCCCN(c1ccccc1)c1ccc(/C=C/C(=O)c2ccccc2)c(/C=C/C(=O)c2ccccc2)c1. The number of anilines is 2. The first-order valence-corrected chi connectivity index (χ1v) is 14.7. The molecule has 0 aliphatic heterocycles. The zero-order chi connectivity index (χ0) is 28.7. The Balaban J connectivity index is 1.64. The predicted octanol–water partition coefficient (Wildman–Crippen LogP) is 9.98. The van der Waals surface area contributed by atoms with E-state index in [-0.39, 0.29) is 11.6 Å². The maximum atomic E-state index is 12.9. The maximum absolute atomic E-state index is 12.9. The molecule has 0 unspecified atom stereocenters. The van der Waals surface area contributed by atoms with Gasteiger partial charge in [-0.3, -0.25) is 9.59 Å². The van der Waals surface area contributed by atoms with E-state index in [4.69, 9.17) is 0 Å². The van der Waals surface area contributed by atoms with E-state index in [0.717, 1.165) is 35.5 Å². The summed E-state index contributed by atoms with van der Waals surface area (Å²) in [5, 5.41) is 0. The van der Waals surface area contributed by atoms with Gasteiger partial charge in [0.2, 0.25) is 0 Å². The van der Waals surface area contributed by atoms with E-state index in [1.807, 2.05) is 84.9 Å². The van der Waals surface area contributed by atoms with Gasteiger partial charge in [0, 0.05) is 29.0 Å². The van der Waals surface area contributed by atoms with Gasteiger partial charge in [-0.05, 0) is 54.0 Å². The first-order valence-electron chi connectivity index (χ1n) is 14.7. The molecule has 0 fully saturated rings. The third-order valence-electron chi connectivity index (χ3n) is 7.13. The average molecular weight is 542 g/mol. The number of para-hydroxylation sites is 1. The van der Waals surface area contributed by atoms with Crippen LogP contribution in [-0.2, 0) is 0 Å². The Bertz CT molecular complexity index is 1440. The summed E-state index contributed by atoms with van der Waals surface area (Å²) in [4.78, 5) is 28.0. The van der Waals surface area contributed by atoms with E-state index in [0.29, 0.717) is 11.1 Å². The van der Waals surface area contributed by atoms with E-state index in [2.05, 4.69) is 48.2 Å². The quantitative estimate of drug-likeness (QED) is 0.0853. The highest BCUT2D eigenvalue weighted by Gasteiger charge is 2.12. The first kappa shape index (κ1) is 29.5. The smallest absolute Gasteiger partial charge is 0.185 e. The van der Waals surface area contributed by atoms with Crippen molar-refractivity contribution in [2.75, 3.05) is 11.4 Å². The van der Waals surface area contributed by atoms with Crippen molar-refractivity contribution in [3.8, 4) is 0 Å². The van der Waals surface area contributed by atoms with Crippen LogP contribution < -0.4 is 4.90 Å². The molecule has 208 valence electrons. The number of benzene rings is 4. The van der Waals surface area contributed by atoms with E-state index in [9.17, 15) is 9.59 Å². The minimum absolute atomic E-state index is 0.0565. The Morgan fingerprint density at radius 1 is 0.561 bits per heavy atom. The van der Waals surface area contributed by atoms with Crippen LogP contribution in [0.4, 0.5) is 11.4 Å². The zero-order valence-corrected chi connectivity index (χ0v) is 23.9. The van der Waals surface area contributed by atoms with Gasteiger partial charge in [-0.15, -0.1) is 0 Å². The molecule has 3 nitrogen and oxygen atoms in total. The second-order valence-electron chi connectivity index (χ2n) is 10.2. The van der Waals surface area contributed by atoms with Crippen molar-refractivity contribution in [3.63, 3.8) is 0 Å². The van der Waals surface area contributed by atoms with Crippen LogP contribution in [0.25, 0.3) is 12.2 Å². The molecule has 4 aromatic carbocycles. The highest BCUT2D eigenvalue weighted by Crippen LogP contribution is 2.29. The molecule has 3 heteroatoms. The lowest BCUT2D eigenvalue weighted by Crippen LogP contribution is -2.18. The van der Waals surface area contributed by atoms with Crippen LogP contribution in [0, 0.1) is 0 Å². The number of unbranched alkanes of at least 4 members (excludes halogenated alkanes) is 5. The molecule has 0 amide bonds. The Hall–Kier alpha value is -4.50. The van der Waals surface area contributed by atoms with E-state index >= 15 is 0 Å². The fraction of sp³-hybridized carbons (Fsp3) is 0.211. The van der Waals surface area contributed by atoms with Crippen molar-refractivity contribution in [1.82, 2.24) is 0 Å². The Morgan fingerprint density at radius 2 is 1.07 bits per heavy atom. The molecule has 0 N–H and O–H groups in total. The molecule has 0 aliphatic carbocycles. The summed E-state index contributed by atoms with van der Waals surface area (Å²) in [7, 11) is 0. The lowest BCUT2D eigenvalue weighted by molar-refractivity contribution is 0.103. The minimum Gasteiger partial charge on any atom is -0.341 e. The number of allylic oxidation sites excluding steroid dienone is 2. The summed E-state index contributed by atoms with van der Waals surface area (Å²) in [6, 6.07) is 35.2. The van der Waals surface area contributed by atoms with Gasteiger partial charge in [0.05, 0.1) is 0 Å². The molecule has 0 spiro atoms. The standard InChI is InChI=1S/C38H39NO2/c1-2-3-4-5-6-16-29-39(35-21-14-9-15-22-35)36-26-23-31(24-27-37(40)32-17-10-7-11-18-32)34(30-36)25-28-38(41)33-19-12-8-13-20-33/h7-15,17-28,30H,2-6,16,29H2,1H3/b27-24+,28-25+. The maximum Gasteiger partial charge on any atom is 0.185 e. The van der Waals surface area contributed by atoms with Crippen molar-refractivity contribution in [1.29, 1.82) is 0 Å². The number of nitrogens with zero attached hydrogens (tertiary/aromatic N) is 1. The topological polar surface area (TPSA) is 37.4 Å². The van der Waals surface area contributed by atoms with Gasteiger partial charge in [-0.2, -0.15) is 0 Å². The van der Waals surface area contributed by atoms with E-state index < -0.39 is 0 Å². The number of carbonyl (C=O) groups excluding carboxylic acids is 2. The minimum atomic E-state index is -0.0571. The molecule has 0 bridgehead atoms. The molecule has 0 heterocycles. The van der Waals surface area contributed by atoms with Gasteiger partial charge in [0.1, 0.15) is 0 Å². The van der Waals surface area contributed by atoms with Crippen LogP contribution in [-0.4, -0.2) is 18.1 Å². The fourth-order valence-corrected chi connectivity index (χ4v) is 4.82. The average Bonchev–Trinajstić information content (AvgIpc) is 3.03. The van der Waals surface area contributed by atoms with Gasteiger partial charge in [0.25, 0.3) is 0 Å². The van der Waals surface area contributed by atoms with Crippen molar-refractivity contribution in [2.45, 2.75) is 45.4 Å². The Morgan fingerprint density at radius 3 is 1.66 bits per heavy atom. The molecule has 0 atom stereocenters. The molecular formula is C38H39NO2. The first-order chi connectivity index (χ1) is 20.2. The highest BCUT2D eigenvalue weighted by atomic mass is 16.1. The van der Waals surface area contributed by atoms with Crippen LogP contribution >= 0.6 is 0 Å². The highest BCUT2D eigenvalue weighted by molar-refractivity contribution is 6.08. The number of carbonyl (C=O) groups is 2. The summed E-state index contributed by atoms with van der Waals surface area (Å²) in [5.41, 5.74) is 5.24. The molecule has 4 aromatic rings. The molecular weight excluding hydrogens is 502 g/mol. The van der Waals surface area contributed by atoms with Crippen molar-refractivity contribution < 1.29 is 9.59 Å². The summed E-state index contributed by atoms with van der Waals surface area (Å²) < 4.78 is 0. The van der Waals surface area contributed by atoms with Crippen LogP contribution in [0.3, 0.4) is 0 Å². The number of ketones is 2. The van der Waals surface area contributed by atoms with Gasteiger partial charge in [-0.25, -0.2) is 0 Å². The molecule has 41 heavy (non-hydrogen) atoms. The summed E-state index contributed by atoms with van der Waals surface area (Å²) in [6.07, 6.45) is 14.3. The molecule has 0 aromatic heterocycles. The molecule has 0 radical (unpaired) electrons. The van der Waals surface area contributed by atoms with Crippen molar-refractivity contribution in [2.24, 2.45) is 0 Å². The third kappa shape index (κ3) is 9.01. The molecule has 0 aliphatic rings. The molecule has 4 rings (SSSR count). The van der Waals surface area contributed by atoms with Crippen LogP contribution in [0.1, 0.15) is 77.3 Å². The van der Waals surface area contributed by atoms with E-state index in [1.54, 1.807) is 12.2 Å².